The van der Waals surface area contributed by atoms with Crippen molar-refractivity contribution in [2.75, 3.05) is 49.9 Å². The van der Waals surface area contributed by atoms with Crippen molar-refractivity contribution < 1.29 is 27.5 Å². The second kappa shape index (κ2) is 13.4. The molecule has 0 spiro atoms. The van der Waals surface area contributed by atoms with E-state index >= 15 is 0 Å². The molecule has 0 aliphatic carbocycles. The minimum absolute atomic E-state index is 0.0668. The molecule has 1 aliphatic rings. The van der Waals surface area contributed by atoms with Crippen molar-refractivity contribution in [2.45, 2.75) is 32.5 Å². The van der Waals surface area contributed by atoms with Gasteiger partial charge in [-0.1, -0.05) is 17.4 Å². The molecule has 14 heteroatoms. The molecule has 1 aromatic heterocycles. The van der Waals surface area contributed by atoms with E-state index < -0.39 is 23.7 Å². The lowest BCUT2D eigenvalue weighted by atomic mass is 10.1. The minimum atomic E-state index is -4.55. The Morgan fingerprint density at radius 2 is 1.86 bits per heavy atom. The summed E-state index contributed by atoms with van der Waals surface area (Å²) >= 11 is 1.21. The number of aromatic nitrogens is 1. The molecule has 10 nitrogen and oxygen atoms in total. The van der Waals surface area contributed by atoms with Gasteiger partial charge >= 0.3 is 12.3 Å². The summed E-state index contributed by atoms with van der Waals surface area (Å²) in [7, 11) is 4.89. The van der Waals surface area contributed by atoms with Gasteiger partial charge in [0, 0.05) is 44.3 Å². The molecule has 2 heterocycles. The number of benzene rings is 2. The van der Waals surface area contributed by atoms with Crippen molar-refractivity contribution in [3.8, 4) is 0 Å². The van der Waals surface area contributed by atoms with E-state index in [9.17, 15) is 22.8 Å². The zero-order valence-electron chi connectivity index (χ0n) is 24.3. The summed E-state index contributed by atoms with van der Waals surface area (Å²) < 4.78 is 45.7. The van der Waals surface area contributed by atoms with Crippen molar-refractivity contribution in [1.29, 1.82) is 0 Å². The summed E-state index contributed by atoms with van der Waals surface area (Å²) in [4.78, 5) is 33.6. The Kier molecular flexibility index (Phi) is 9.94. The molecule has 3 aromatic rings. The first-order valence-electron chi connectivity index (χ1n) is 13.4. The quantitative estimate of drug-likeness (QED) is 0.206. The monoisotopic (exact) mass is 617 g/mol. The second-order valence-corrected chi connectivity index (χ2v) is 11.3. The van der Waals surface area contributed by atoms with Crippen LogP contribution >= 0.6 is 11.3 Å². The van der Waals surface area contributed by atoms with Crippen LogP contribution in [-0.4, -0.2) is 61.1 Å². The molecule has 43 heavy (non-hydrogen) atoms. The Morgan fingerprint density at radius 1 is 1.14 bits per heavy atom. The lowest BCUT2D eigenvalue weighted by Gasteiger charge is -2.22. The predicted molar refractivity (Wildman–Crippen MR) is 162 cm³/mol. The first kappa shape index (κ1) is 31.8. The van der Waals surface area contributed by atoms with E-state index in [0.29, 0.717) is 33.5 Å². The maximum absolute atomic E-state index is 13.7. The van der Waals surface area contributed by atoms with Gasteiger partial charge in [-0.3, -0.25) is 20.0 Å². The van der Waals surface area contributed by atoms with Crippen LogP contribution in [0.3, 0.4) is 0 Å². The minimum Gasteiger partial charge on any atom is -0.453 e. The van der Waals surface area contributed by atoms with Crippen LogP contribution in [-0.2, 0) is 17.5 Å². The Bertz CT molecular complexity index is 1500. The van der Waals surface area contributed by atoms with Crippen molar-refractivity contribution in [3.63, 3.8) is 0 Å². The van der Waals surface area contributed by atoms with E-state index in [-0.39, 0.29) is 11.3 Å². The van der Waals surface area contributed by atoms with Crippen molar-refractivity contribution >= 4 is 45.5 Å². The highest BCUT2D eigenvalue weighted by atomic mass is 32.1. The molecule has 0 saturated carbocycles. The van der Waals surface area contributed by atoms with E-state index in [4.69, 9.17) is 5.84 Å². The Balaban J connectivity index is 1.58. The number of aryl methyl sites for hydroxylation is 1. The van der Waals surface area contributed by atoms with E-state index in [1.165, 1.54) is 23.5 Å². The van der Waals surface area contributed by atoms with E-state index in [1.807, 2.05) is 25.9 Å². The smallest absolute Gasteiger partial charge is 0.416 e. The van der Waals surface area contributed by atoms with Gasteiger partial charge in [-0.05, 0) is 74.3 Å². The normalized spacial score (nSPS) is 14.0. The number of nitrogens with one attached hydrogen (secondary N) is 2. The van der Waals surface area contributed by atoms with Crippen LogP contribution in [0, 0.1) is 6.92 Å². The third kappa shape index (κ3) is 8.24. The largest absolute Gasteiger partial charge is 0.453 e. The summed E-state index contributed by atoms with van der Waals surface area (Å²) in [5.74, 6) is 5.86. The summed E-state index contributed by atoms with van der Waals surface area (Å²) in [6.45, 7) is 3.86. The average Bonchev–Trinajstić information content (AvgIpc) is 3.63. The van der Waals surface area contributed by atoms with E-state index in [0.717, 1.165) is 43.6 Å². The van der Waals surface area contributed by atoms with Crippen LogP contribution in [0.5, 0.6) is 0 Å². The fourth-order valence-electron chi connectivity index (χ4n) is 4.64. The number of nitrogens with two attached hydrogens (primary N) is 1. The summed E-state index contributed by atoms with van der Waals surface area (Å²) in [5.41, 5.74) is 1.89. The highest BCUT2D eigenvalue weighted by Gasteiger charge is 2.31. The number of nitrogens with zero attached hydrogens (tertiary/aromatic N) is 4. The third-order valence-corrected chi connectivity index (χ3v) is 7.76. The Labute approximate surface area is 251 Å². The number of rotatable bonds is 9. The maximum Gasteiger partial charge on any atom is 0.416 e. The van der Waals surface area contributed by atoms with Gasteiger partial charge in [0.15, 0.2) is 5.13 Å². The first-order valence-corrected chi connectivity index (χ1v) is 14.3. The summed E-state index contributed by atoms with van der Waals surface area (Å²) in [6, 6.07) is 8.54. The highest BCUT2D eigenvalue weighted by molar-refractivity contribution is 7.16. The van der Waals surface area contributed by atoms with E-state index in [2.05, 4.69) is 25.3 Å². The number of anilines is 3. The van der Waals surface area contributed by atoms with Crippen molar-refractivity contribution in [2.24, 2.45) is 5.84 Å². The number of hydrogen-bond donors (Lipinski definition) is 3. The maximum atomic E-state index is 13.7. The molecule has 4 N–H and O–H groups in total. The first-order chi connectivity index (χ1) is 20.3. The zero-order chi connectivity index (χ0) is 31.3. The molecule has 0 unspecified atom stereocenters. The molecule has 0 radical (unpaired) electrons. The number of alkyl halides is 3. The van der Waals surface area contributed by atoms with Gasteiger partial charge in [0.1, 0.15) is 0 Å². The number of carbonyl (C=O) groups is 2. The lowest BCUT2D eigenvalue weighted by molar-refractivity contribution is -0.137. The summed E-state index contributed by atoms with van der Waals surface area (Å²) in [6.07, 6.45) is 0.0629. The predicted octanol–water partition coefficient (Wildman–Crippen LogP) is 5.74. The number of hydrazine groups is 1. The van der Waals surface area contributed by atoms with Gasteiger partial charge in [-0.25, -0.2) is 15.6 Å². The Morgan fingerprint density at radius 3 is 2.51 bits per heavy atom. The second-order valence-electron chi connectivity index (χ2n) is 10.3. The van der Waals surface area contributed by atoms with Gasteiger partial charge in [0.05, 0.1) is 28.9 Å². The molecule has 0 bridgehead atoms. The highest BCUT2D eigenvalue weighted by Crippen LogP contribution is 2.33. The lowest BCUT2D eigenvalue weighted by Crippen LogP contribution is -2.28. The molecular weight excluding hydrogens is 583 g/mol. The molecule has 1 saturated heterocycles. The number of hydrogen-bond acceptors (Lipinski definition) is 9. The van der Waals surface area contributed by atoms with Crippen molar-refractivity contribution in [1.82, 2.24) is 14.8 Å². The van der Waals surface area contributed by atoms with Crippen molar-refractivity contribution in [3.05, 3.63) is 75.9 Å². The van der Waals surface area contributed by atoms with Gasteiger partial charge in [-0.15, -0.1) is 0 Å². The van der Waals surface area contributed by atoms with Crippen LogP contribution in [0.15, 0.2) is 48.8 Å². The number of amides is 2. The third-order valence-electron chi connectivity index (χ3n) is 6.83. The van der Waals surface area contributed by atoms with Crippen LogP contribution in [0.25, 0.3) is 5.70 Å². The van der Waals surface area contributed by atoms with Crippen LogP contribution in [0.1, 0.15) is 44.8 Å². The zero-order valence-corrected chi connectivity index (χ0v) is 25.1. The molecular formula is C29H34F3N7O3S. The van der Waals surface area contributed by atoms with Crippen LogP contribution in [0.2, 0.25) is 0 Å². The van der Waals surface area contributed by atoms with Gasteiger partial charge in [-0.2, -0.15) is 13.2 Å². The molecule has 2 aromatic carbocycles. The molecule has 2 amide bonds. The van der Waals surface area contributed by atoms with Crippen LogP contribution in [0.4, 0.5) is 34.5 Å². The number of ether oxygens (including phenoxy) is 1. The van der Waals surface area contributed by atoms with Gasteiger partial charge in [0.25, 0.3) is 5.91 Å². The fourth-order valence-corrected chi connectivity index (χ4v) is 5.53. The van der Waals surface area contributed by atoms with Gasteiger partial charge in [0.2, 0.25) is 0 Å². The molecule has 1 fully saturated rings. The fraction of sp³-hybridized carbons (Fsp3) is 0.345. The number of methoxy groups -OCH3 is 1. The number of thiazole rings is 1. The van der Waals surface area contributed by atoms with Gasteiger partial charge < -0.3 is 15.0 Å². The topological polar surface area (TPSA) is 116 Å². The molecule has 4 rings (SSSR count). The summed E-state index contributed by atoms with van der Waals surface area (Å²) in [5, 5.41) is 6.85. The molecule has 1 aliphatic heterocycles. The number of likely N-dealkylation sites (tertiary alicyclic amines) is 1. The molecule has 0 atom stereocenters. The number of halogens is 3. The van der Waals surface area contributed by atoms with E-state index in [1.54, 1.807) is 36.7 Å². The average molecular weight is 618 g/mol. The standard InChI is InChI=1S/C29H34F3N7O3S/c1-18-7-8-20(13-23(18)39(33)17-24(37(2)3)25-15-34-27(43-25)36-28(41)42-4)26(40)35-22-12-19(16-38-9-5-6-10-38)11-21(14-22)29(30,31)32/h7-8,11-15,17H,5-6,9-10,16,33H2,1-4H3,(H,35,40)(H,34,36,41)/b24-17-. The van der Waals surface area contributed by atoms with Crippen LogP contribution < -0.4 is 21.5 Å². The molecule has 230 valence electrons. The number of carbonyl (C=O) groups excluding carboxylic acids is 2. The Hall–Kier alpha value is -4.14. The SMILES string of the molecule is COC(=O)Nc1ncc(/C(=C/N(N)c2cc(C(=O)Nc3cc(CN4CCCC4)cc(C(F)(F)F)c3)ccc2C)N(C)C)s1.